The lowest BCUT2D eigenvalue weighted by Crippen LogP contribution is -2.35. The van der Waals surface area contributed by atoms with E-state index in [2.05, 4.69) is 0 Å². The van der Waals surface area contributed by atoms with Gasteiger partial charge in [0.15, 0.2) is 0 Å². The van der Waals surface area contributed by atoms with Crippen molar-refractivity contribution in [3.8, 4) is 11.5 Å². The van der Waals surface area contributed by atoms with Crippen molar-refractivity contribution in [2.24, 2.45) is 0 Å². The molecule has 1 aromatic rings. The topological polar surface area (TPSA) is 77.4 Å². The van der Waals surface area contributed by atoms with E-state index < -0.39 is 18.5 Å². The molecule has 10 heteroatoms. The normalized spacial score (nSPS) is 24.5. The van der Waals surface area contributed by atoms with Crippen LogP contribution in [0.4, 0.5) is 0 Å². The number of aliphatic hydroxyl groups is 2. The molecule has 2 aliphatic rings. The molecule has 0 spiro atoms. The summed E-state index contributed by atoms with van der Waals surface area (Å²) in [6.45, 7) is 3.27. The van der Waals surface area contributed by atoms with E-state index in [0.717, 1.165) is 17.3 Å². The summed E-state index contributed by atoms with van der Waals surface area (Å²) in [5, 5.41) is 21.2. The van der Waals surface area contributed by atoms with Gasteiger partial charge < -0.3 is 29.2 Å². The molecule has 6 nitrogen and oxygen atoms in total. The maximum Gasteiger partial charge on any atom is 0.225 e. The van der Waals surface area contributed by atoms with Gasteiger partial charge in [0.1, 0.15) is 30.3 Å². The van der Waals surface area contributed by atoms with Crippen molar-refractivity contribution < 1.29 is 29.2 Å². The maximum absolute atomic E-state index is 10.2. The Morgan fingerprint density at radius 2 is 1.62 bits per heavy atom. The second-order valence-corrected chi connectivity index (χ2v) is 12.8. The minimum Gasteiger partial charge on any atom is -0.491 e. The predicted octanol–water partition coefficient (Wildman–Crippen LogP) is 3.24. The molecule has 0 amide bonds. The Morgan fingerprint density at radius 3 is 2.28 bits per heavy atom. The van der Waals surface area contributed by atoms with Crippen LogP contribution >= 0.6 is 47.0 Å². The summed E-state index contributed by atoms with van der Waals surface area (Å²) in [5.74, 6) is 8.01. The van der Waals surface area contributed by atoms with Gasteiger partial charge in [0.25, 0.3) is 0 Å². The average molecular weight is 523 g/mol. The van der Waals surface area contributed by atoms with Crippen molar-refractivity contribution >= 4 is 47.0 Å². The van der Waals surface area contributed by atoms with Gasteiger partial charge in [-0.2, -0.15) is 47.0 Å². The van der Waals surface area contributed by atoms with E-state index in [-0.39, 0.29) is 13.2 Å². The highest BCUT2D eigenvalue weighted by Crippen LogP contribution is 2.26. The van der Waals surface area contributed by atoms with Crippen LogP contribution < -0.4 is 9.47 Å². The Hall–Kier alpha value is 0.0600. The van der Waals surface area contributed by atoms with Crippen LogP contribution in [0.1, 0.15) is 6.92 Å². The smallest absolute Gasteiger partial charge is 0.225 e. The monoisotopic (exact) mass is 522 g/mol. The third-order valence-corrected chi connectivity index (χ3v) is 10.4. The number of thioether (sulfide) groups is 4. The summed E-state index contributed by atoms with van der Waals surface area (Å²) >= 11 is 7.75. The number of hydrogen-bond acceptors (Lipinski definition) is 10. The van der Waals surface area contributed by atoms with E-state index in [0.29, 0.717) is 35.2 Å². The van der Waals surface area contributed by atoms with Gasteiger partial charge in [-0.05, 0) is 19.1 Å². The van der Waals surface area contributed by atoms with Crippen molar-refractivity contribution in [3.05, 3.63) is 24.3 Å². The summed E-state index contributed by atoms with van der Waals surface area (Å²) < 4.78 is 23.1. The molecule has 2 saturated heterocycles. The summed E-state index contributed by atoms with van der Waals surface area (Å²) in [6.07, 6.45) is -2.20. The number of hydrogen-bond donors (Lipinski definition) is 2. The highest BCUT2D eigenvalue weighted by molar-refractivity contribution is 8.07. The molecule has 2 fully saturated rings. The molecular formula is C22H34O6S4. The summed E-state index contributed by atoms with van der Waals surface area (Å²) in [6, 6.07) is 7.17. The van der Waals surface area contributed by atoms with Gasteiger partial charge >= 0.3 is 0 Å². The van der Waals surface area contributed by atoms with Crippen LogP contribution in [0.2, 0.25) is 0 Å². The van der Waals surface area contributed by atoms with Gasteiger partial charge in [0, 0.05) is 51.1 Å². The van der Waals surface area contributed by atoms with Gasteiger partial charge in [0.05, 0.1) is 19.8 Å². The summed E-state index contributed by atoms with van der Waals surface area (Å²) in [4.78, 5) is 0. The van der Waals surface area contributed by atoms with Crippen LogP contribution in [0.25, 0.3) is 0 Å². The summed E-state index contributed by atoms with van der Waals surface area (Å²) in [7, 11) is 0. The fourth-order valence-corrected chi connectivity index (χ4v) is 8.23. The first-order valence-electron chi connectivity index (χ1n) is 10.9. The van der Waals surface area contributed by atoms with Crippen molar-refractivity contribution in [2.45, 2.75) is 35.9 Å². The van der Waals surface area contributed by atoms with Crippen LogP contribution in [-0.2, 0) is 9.47 Å². The molecule has 0 radical (unpaired) electrons. The van der Waals surface area contributed by atoms with E-state index >= 15 is 0 Å². The van der Waals surface area contributed by atoms with Gasteiger partial charge in [-0.1, -0.05) is 6.07 Å². The van der Waals surface area contributed by atoms with Crippen molar-refractivity contribution in [1.82, 2.24) is 0 Å². The lowest BCUT2D eigenvalue weighted by molar-refractivity contribution is -0.138. The molecule has 0 aromatic heterocycles. The Morgan fingerprint density at radius 1 is 0.938 bits per heavy atom. The first kappa shape index (κ1) is 26.7. The molecule has 2 heterocycles. The zero-order valence-corrected chi connectivity index (χ0v) is 21.7. The lowest BCUT2D eigenvalue weighted by Gasteiger charge is -2.26. The molecule has 182 valence electrons. The van der Waals surface area contributed by atoms with Crippen LogP contribution in [0, 0.1) is 0 Å². The Kier molecular flexibility index (Phi) is 12.6. The Labute approximate surface area is 208 Å². The maximum atomic E-state index is 10.2. The zero-order chi connectivity index (χ0) is 22.6. The molecule has 5 unspecified atom stereocenters. The number of aliphatic hydroxyl groups excluding tert-OH is 2. The van der Waals surface area contributed by atoms with E-state index in [4.69, 9.17) is 18.9 Å². The highest BCUT2D eigenvalue weighted by atomic mass is 32.2. The van der Waals surface area contributed by atoms with Crippen LogP contribution in [0.5, 0.6) is 11.5 Å². The second kappa shape index (κ2) is 15.1. The zero-order valence-electron chi connectivity index (χ0n) is 18.4. The minimum absolute atomic E-state index is 0.142. The van der Waals surface area contributed by atoms with Gasteiger partial charge in [0.2, 0.25) is 6.29 Å². The van der Waals surface area contributed by atoms with E-state index in [1.54, 1.807) is 19.1 Å². The second-order valence-electron chi connectivity index (χ2n) is 7.67. The molecule has 0 aliphatic carbocycles. The Balaban J connectivity index is 1.38. The number of rotatable bonds is 13. The highest BCUT2D eigenvalue weighted by Gasteiger charge is 2.22. The predicted molar refractivity (Wildman–Crippen MR) is 138 cm³/mol. The molecule has 0 saturated carbocycles. The molecule has 1 aromatic carbocycles. The summed E-state index contributed by atoms with van der Waals surface area (Å²) in [5.41, 5.74) is 0. The third-order valence-electron chi connectivity index (χ3n) is 4.72. The Bertz CT molecular complexity index is 641. The van der Waals surface area contributed by atoms with Crippen molar-refractivity contribution in [1.29, 1.82) is 0 Å². The first-order chi connectivity index (χ1) is 15.6. The van der Waals surface area contributed by atoms with Crippen molar-refractivity contribution in [2.75, 3.05) is 60.9 Å². The molecule has 3 rings (SSSR count). The standard InChI is InChI=1S/C22H34O6S4/c1-16(23)22(27-13-21-15-30-6-8-32-21)28-19-4-2-3-18(9-19)26-11-17(24)10-25-12-20-14-29-5-7-31-20/h2-4,9,16-17,20-24H,5-8,10-15H2,1H3. The fraction of sp³-hybridized carbons (Fsp3) is 0.727. The molecule has 0 bridgehead atoms. The van der Waals surface area contributed by atoms with Crippen LogP contribution in [0.15, 0.2) is 24.3 Å². The molecule has 2 N–H and O–H groups in total. The fourth-order valence-electron chi connectivity index (χ4n) is 3.09. The SMILES string of the molecule is CC(O)C(OCC1CSCCS1)Oc1cccc(OCC(O)COCC2CSCCS2)c1. The number of benzene rings is 1. The van der Waals surface area contributed by atoms with Crippen LogP contribution in [0.3, 0.4) is 0 Å². The number of ether oxygens (including phenoxy) is 4. The van der Waals surface area contributed by atoms with Gasteiger partial charge in [-0.25, -0.2) is 0 Å². The largest absolute Gasteiger partial charge is 0.491 e. The van der Waals surface area contributed by atoms with E-state index in [9.17, 15) is 10.2 Å². The minimum atomic E-state index is -0.763. The molecule has 5 atom stereocenters. The van der Waals surface area contributed by atoms with Crippen LogP contribution in [-0.4, -0.2) is 100 Å². The lowest BCUT2D eigenvalue weighted by atomic mass is 10.3. The molecular weight excluding hydrogens is 489 g/mol. The van der Waals surface area contributed by atoms with Gasteiger partial charge in [-0.3, -0.25) is 0 Å². The molecule has 32 heavy (non-hydrogen) atoms. The first-order valence-corrected chi connectivity index (χ1v) is 15.3. The third kappa shape index (κ3) is 10.1. The van der Waals surface area contributed by atoms with Crippen molar-refractivity contribution in [3.63, 3.8) is 0 Å². The van der Waals surface area contributed by atoms with Gasteiger partial charge in [-0.15, -0.1) is 0 Å². The molecule has 2 aliphatic heterocycles. The average Bonchev–Trinajstić information content (AvgIpc) is 2.82. The van der Waals surface area contributed by atoms with E-state index in [1.807, 2.05) is 59.2 Å². The van der Waals surface area contributed by atoms with E-state index in [1.165, 1.54) is 17.3 Å². The quantitative estimate of drug-likeness (QED) is 0.377.